The van der Waals surface area contributed by atoms with Crippen molar-refractivity contribution in [2.24, 2.45) is 0 Å². The van der Waals surface area contributed by atoms with Crippen LogP contribution in [-0.2, 0) is 11.3 Å². The Kier molecular flexibility index (Phi) is 4.50. The number of hydrogen-bond acceptors (Lipinski definition) is 6. The molecule has 2 aromatic heterocycles. The maximum atomic E-state index is 12.6. The minimum Gasteiger partial charge on any atom is -0.384 e. The second-order valence-corrected chi connectivity index (χ2v) is 7.56. The number of aromatic nitrogens is 3. The molecule has 3 heterocycles. The fraction of sp³-hybridized carbons (Fsp3) is 0.389. The van der Waals surface area contributed by atoms with Crippen LogP contribution in [0.4, 0.5) is 10.9 Å². The summed E-state index contributed by atoms with van der Waals surface area (Å²) in [6.45, 7) is 5.21. The van der Waals surface area contributed by atoms with Gasteiger partial charge in [0.15, 0.2) is 5.13 Å². The summed E-state index contributed by atoms with van der Waals surface area (Å²) in [5.41, 5.74) is 7.76. The number of fused-ring (bicyclic) bond motifs is 1. The van der Waals surface area contributed by atoms with Gasteiger partial charge < -0.3 is 15.5 Å². The van der Waals surface area contributed by atoms with Crippen molar-refractivity contribution >= 4 is 38.4 Å². The molecule has 3 aromatic rings. The summed E-state index contributed by atoms with van der Waals surface area (Å²) < 4.78 is 2.78. The smallest absolute Gasteiger partial charge is 0.244 e. The lowest BCUT2D eigenvalue weighted by Gasteiger charge is -2.21. The molecule has 0 bridgehead atoms. The van der Waals surface area contributed by atoms with E-state index in [9.17, 15) is 4.79 Å². The SMILES string of the molecule is Cc1cc(N)n(CC(=O)N2CCCN(c3nc4ccccc4s3)CC2)n1. The largest absolute Gasteiger partial charge is 0.384 e. The fourth-order valence-electron chi connectivity index (χ4n) is 3.27. The van der Waals surface area contributed by atoms with E-state index in [1.165, 1.54) is 4.70 Å². The molecule has 0 radical (unpaired) electrons. The Morgan fingerprint density at radius 2 is 2.08 bits per heavy atom. The van der Waals surface area contributed by atoms with Crippen molar-refractivity contribution in [1.82, 2.24) is 19.7 Å². The highest BCUT2D eigenvalue weighted by molar-refractivity contribution is 7.22. The molecule has 0 unspecified atom stereocenters. The number of nitrogens with two attached hydrogens (primary N) is 1. The molecule has 1 amide bonds. The third-order valence-corrected chi connectivity index (χ3v) is 5.72. The maximum Gasteiger partial charge on any atom is 0.244 e. The van der Waals surface area contributed by atoms with Gasteiger partial charge in [0, 0.05) is 32.2 Å². The minimum atomic E-state index is 0.0611. The highest BCUT2D eigenvalue weighted by atomic mass is 32.1. The van der Waals surface area contributed by atoms with Crippen LogP contribution in [0.25, 0.3) is 10.2 Å². The lowest BCUT2D eigenvalue weighted by Crippen LogP contribution is -2.37. The molecule has 2 N–H and O–H groups in total. The highest BCUT2D eigenvalue weighted by Crippen LogP contribution is 2.29. The second-order valence-electron chi connectivity index (χ2n) is 6.55. The van der Waals surface area contributed by atoms with Gasteiger partial charge in [0.1, 0.15) is 12.4 Å². The molecule has 1 aliphatic heterocycles. The second kappa shape index (κ2) is 6.95. The Balaban J connectivity index is 1.42. The lowest BCUT2D eigenvalue weighted by molar-refractivity contribution is -0.131. The first-order valence-electron chi connectivity index (χ1n) is 8.78. The molecule has 1 aliphatic rings. The number of nitrogens with zero attached hydrogens (tertiary/aromatic N) is 5. The van der Waals surface area contributed by atoms with Crippen LogP contribution in [0.1, 0.15) is 12.1 Å². The van der Waals surface area contributed by atoms with Crippen molar-refractivity contribution < 1.29 is 4.79 Å². The van der Waals surface area contributed by atoms with E-state index in [2.05, 4.69) is 16.1 Å². The molecule has 0 spiro atoms. The lowest BCUT2D eigenvalue weighted by atomic mass is 10.3. The van der Waals surface area contributed by atoms with E-state index < -0.39 is 0 Å². The van der Waals surface area contributed by atoms with Gasteiger partial charge >= 0.3 is 0 Å². The van der Waals surface area contributed by atoms with Crippen LogP contribution >= 0.6 is 11.3 Å². The number of rotatable bonds is 3. The zero-order valence-corrected chi connectivity index (χ0v) is 15.6. The summed E-state index contributed by atoms with van der Waals surface area (Å²) in [5, 5.41) is 5.32. The predicted molar refractivity (Wildman–Crippen MR) is 104 cm³/mol. The molecule has 0 saturated carbocycles. The Morgan fingerprint density at radius 3 is 2.85 bits per heavy atom. The monoisotopic (exact) mass is 370 g/mol. The van der Waals surface area contributed by atoms with Gasteiger partial charge in [-0.2, -0.15) is 5.10 Å². The van der Waals surface area contributed by atoms with E-state index in [0.29, 0.717) is 12.4 Å². The van der Waals surface area contributed by atoms with Crippen LogP contribution in [0.3, 0.4) is 0 Å². The van der Waals surface area contributed by atoms with Crippen molar-refractivity contribution in [2.45, 2.75) is 19.9 Å². The van der Waals surface area contributed by atoms with Gasteiger partial charge in [0.05, 0.1) is 15.9 Å². The van der Waals surface area contributed by atoms with Gasteiger partial charge in [-0.3, -0.25) is 4.79 Å². The third-order valence-electron chi connectivity index (χ3n) is 4.62. The molecule has 26 heavy (non-hydrogen) atoms. The van der Waals surface area contributed by atoms with E-state index in [0.717, 1.165) is 42.4 Å². The van der Waals surface area contributed by atoms with Crippen LogP contribution in [0, 0.1) is 6.92 Å². The summed E-state index contributed by atoms with van der Waals surface area (Å²) in [7, 11) is 0. The van der Waals surface area contributed by atoms with Crippen LogP contribution in [-0.4, -0.2) is 51.8 Å². The van der Waals surface area contributed by atoms with Gasteiger partial charge in [-0.1, -0.05) is 23.5 Å². The Morgan fingerprint density at radius 1 is 1.23 bits per heavy atom. The number of benzene rings is 1. The fourth-order valence-corrected chi connectivity index (χ4v) is 4.29. The maximum absolute atomic E-state index is 12.6. The summed E-state index contributed by atoms with van der Waals surface area (Å²) in [6, 6.07) is 9.97. The molecule has 136 valence electrons. The number of hydrogen-bond donors (Lipinski definition) is 1. The van der Waals surface area contributed by atoms with Crippen LogP contribution in [0.2, 0.25) is 0 Å². The summed E-state index contributed by atoms with van der Waals surface area (Å²) >= 11 is 1.71. The average molecular weight is 370 g/mol. The van der Waals surface area contributed by atoms with Crippen LogP contribution in [0.15, 0.2) is 30.3 Å². The van der Waals surface area contributed by atoms with Crippen molar-refractivity contribution in [3.8, 4) is 0 Å². The number of thiazole rings is 1. The number of carbonyl (C=O) groups excluding carboxylic acids is 1. The number of amides is 1. The van der Waals surface area contributed by atoms with Gasteiger partial charge in [-0.25, -0.2) is 9.67 Å². The standard InChI is InChI=1S/C18H22N6OS/c1-13-11-16(19)24(21-13)12-17(25)22-7-4-8-23(10-9-22)18-20-14-5-2-3-6-15(14)26-18/h2-3,5-6,11H,4,7-10,12,19H2,1H3. The van der Waals surface area contributed by atoms with E-state index >= 15 is 0 Å². The van der Waals surface area contributed by atoms with Crippen molar-refractivity contribution in [3.63, 3.8) is 0 Å². The Hall–Kier alpha value is -2.61. The molecule has 7 nitrogen and oxygen atoms in total. The molecule has 4 rings (SSSR count). The normalized spacial score (nSPS) is 15.4. The zero-order valence-electron chi connectivity index (χ0n) is 14.8. The molecule has 1 fully saturated rings. The quantitative estimate of drug-likeness (QED) is 0.764. The van der Waals surface area contributed by atoms with Gasteiger partial charge in [0.2, 0.25) is 5.91 Å². The van der Waals surface area contributed by atoms with E-state index in [4.69, 9.17) is 10.7 Å². The number of carbonyl (C=O) groups is 1. The first kappa shape index (κ1) is 16.8. The number of nitrogen functional groups attached to an aromatic ring is 1. The van der Waals surface area contributed by atoms with Crippen molar-refractivity contribution in [3.05, 3.63) is 36.0 Å². The molecule has 0 atom stereocenters. The average Bonchev–Trinajstić information content (AvgIpc) is 3.08. The first-order chi connectivity index (χ1) is 12.6. The van der Waals surface area contributed by atoms with Gasteiger partial charge in [-0.15, -0.1) is 0 Å². The number of aryl methyl sites for hydroxylation is 1. The topological polar surface area (TPSA) is 80.3 Å². The third kappa shape index (κ3) is 3.37. The predicted octanol–water partition coefficient (Wildman–Crippen LogP) is 2.12. The summed E-state index contributed by atoms with van der Waals surface area (Å²) in [6.07, 6.45) is 0.926. The van der Waals surface area contributed by atoms with Crippen LogP contribution in [0.5, 0.6) is 0 Å². The van der Waals surface area contributed by atoms with Gasteiger partial charge in [-0.05, 0) is 25.5 Å². The Bertz CT molecular complexity index is 900. The van der Waals surface area contributed by atoms with E-state index in [-0.39, 0.29) is 12.5 Å². The number of anilines is 2. The molecular weight excluding hydrogens is 348 g/mol. The molecule has 0 aliphatic carbocycles. The Labute approximate surface area is 156 Å². The van der Waals surface area contributed by atoms with Gasteiger partial charge in [0.25, 0.3) is 0 Å². The molecule has 1 aromatic carbocycles. The summed E-state index contributed by atoms with van der Waals surface area (Å²) in [4.78, 5) is 21.6. The van der Waals surface area contributed by atoms with Crippen molar-refractivity contribution in [1.29, 1.82) is 0 Å². The molecular formula is C18H22N6OS. The van der Waals surface area contributed by atoms with Crippen molar-refractivity contribution in [2.75, 3.05) is 36.8 Å². The van der Waals surface area contributed by atoms with E-state index in [1.807, 2.05) is 30.0 Å². The minimum absolute atomic E-state index is 0.0611. The molecule has 1 saturated heterocycles. The molecule has 8 heteroatoms. The zero-order chi connectivity index (χ0) is 18.1. The van der Waals surface area contributed by atoms with Crippen LogP contribution < -0.4 is 10.6 Å². The number of para-hydroxylation sites is 1. The first-order valence-corrected chi connectivity index (χ1v) is 9.60. The highest BCUT2D eigenvalue weighted by Gasteiger charge is 2.22. The van der Waals surface area contributed by atoms with E-state index in [1.54, 1.807) is 22.1 Å². The summed E-state index contributed by atoms with van der Waals surface area (Å²) in [5.74, 6) is 0.590.